The van der Waals surface area contributed by atoms with E-state index in [1.54, 1.807) is 18.6 Å². The average Bonchev–Trinajstić information content (AvgIpc) is 2.89. The highest BCUT2D eigenvalue weighted by Crippen LogP contribution is 2.26. The van der Waals surface area contributed by atoms with Gasteiger partial charge in [0.15, 0.2) is 6.29 Å². The Morgan fingerprint density at radius 3 is 2.78 bits per heavy atom. The molecule has 0 fully saturated rings. The Balaban J connectivity index is 2.26. The van der Waals surface area contributed by atoms with E-state index in [1.807, 2.05) is 18.2 Å². The zero-order valence-electron chi connectivity index (χ0n) is 10.6. The predicted molar refractivity (Wildman–Crippen MR) is 69.9 cm³/mol. The maximum absolute atomic E-state index is 11.1. The Bertz CT molecular complexity index is 513. The minimum absolute atomic E-state index is 0.457. The van der Waals surface area contributed by atoms with Crippen LogP contribution in [0.5, 0.6) is 5.75 Å². The second kappa shape index (κ2) is 5.54. The molecule has 2 rings (SSSR count). The average molecular weight is 244 g/mol. The summed E-state index contributed by atoms with van der Waals surface area (Å²) in [6, 6.07) is 7.34. The van der Waals surface area contributed by atoms with Crippen molar-refractivity contribution in [2.45, 2.75) is 13.8 Å². The van der Waals surface area contributed by atoms with Crippen LogP contribution in [-0.2, 0) is 0 Å². The molecule has 0 saturated carbocycles. The van der Waals surface area contributed by atoms with Gasteiger partial charge in [0.1, 0.15) is 5.75 Å². The lowest BCUT2D eigenvalue weighted by Gasteiger charge is -2.10. The Hall–Kier alpha value is -2.03. The summed E-state index contributed by atoms with van der Waals surface area (Å²) in [4.78, 5) is 11.1. The third-order valence-electron chi connectivity index (χ3n) is 2.57. The normalized spacial score (nSPS) is 10.6. The topological polar surface area (TPSA) is 39.4 Å². The summed E-state index contributed by atoms with van der Waals surface area (Å²) in [5.74, 6) is 1.18. The number of benzene rings is 1. The highest BCUT2D eigenvalue weighted by molar-refractivity contribution is 5.88. The zero-order valence-corrected chi connectivity index (χ0v) is 10.6. The molecule has 0 amide bonds. The quantitative estimate of drug-likeness (QED) is 0.751. The van der Waals surface area contributed by atoms with E-state index in [4.69, 9.17) is 9.15 Å². The Kier molecular flexibility index (Phi) is 3.82. The Morgan fingerprint density at radius 1 is 1.33 bits per heavy atom. The van der Waals surface area contributed by atoms with E-state index in [1.165, 1.54) is 0 Å². The summed E-state index contributed by atoms with van der Waals surface area (Å²) in [5, 5.41) is 0. The van der Waals surface area contributed by atoms with Gasteiger partial charge in [-0.2, -0.15) is 0 Å². The fourth-order valence-electron chi connectivity index (χ4n) is 1.67. The summed E-state index contributed by atoms with van der Waals surface area (Å²) in [6.45, 7) is 4.81. The monoisotopic (exact) mass is 244 g/mol. The van der Waals surface area contributed by atoms with E-state index in [-0.39, 0.29) is 0 Å². The minimum atomic E-state index is 0.457. The van der Waals surface area contributed by atoms with Gasteiger partial charge in [0, 0.05) is 11.1 Å². The molecule has 0 bridgehead atoms. The summed E-state index contributed by atoms with van der Waals surface area (Å²) in [6.07, 6.45) is 4.05. The van der Waals surface area contributed by atoms with E-state index in [2.05, 4.69) is 13.8 Å². The molecule has 2 aromatic rings. The van der Waals surface area contributed by atoms with Crippen molar-refractivity contribution in [2.24, 2.45) is 5.92 Å². The van der Waals surface area contributed by atoms with Crippen molar-refractivity contribution in [3.05, 3.63) is 42.4 Å². The number of carbonyl (C=O) groups is 1. The highest BCUT2D eigenvalue weighted by atomic mass is 16.5. The second-order valence-electron chi connectivity index (χ2n) is 4.58. The smallest absolute Gasteiger partial charge is 0.150 e. The molecule has 1 aromatic carbocycles. The van der Waals surface area contributed by atoms with Crippen molar-refractivity contribution in [1.29, 1.82) is 0 Å². The van der Waals surface area contributed by atoms with Crippen LogP contribution in [0.15, 0.2) is 41.2 Å². The van der Waals surface area contributed by atoms with Crippen molar-refractivity contribution >= 4 is 6.29 Å². The molecule has 1 aromatic heterocycles. The molecule has 0 aliphatic rings. The number of rotatable bonds is 5. The maximum Gasteiger partial charge on any atom is 0.150 e. The first-order valence-electron chi connectivity index (χ1n) is 5.95. The van der Waals surface area contributed by atoms with Gasteiger partial charge in [-0.15, -0.1) is 0 Å². The van der Waals surface area contributed by atoms with Crippen molar-refractivity contribution in [2.75, 3.05) is 6.61 Å². The Morgan fingerprint density at radius 2 is 2.17 bits per heavy atom. The van der Waals surface area contributed by atoms with E-state index in [9.17, 15) is 4.79 Å². The second-order valence-corrected chi connectivity index (χ2v) is 4.58. The maximum atomic E-state index is 11.1. The van der Waals surface area contributed by atoms with Crippen molar-refractivity contribution in [3.8, 4) is 16.9 Å². The van der Waals surface area contributed by atoms with Gasteiger partial charge in [-0.1, -0.05) is 13.8 Å². The van der Waals surface area contributed by atoms with Crippen LogP contribution in [0.3, 0.4) is 0 Å². The van der Waals surface area contributed by atoms with Crippen LogP contribution >= 0.6 is 0 Å². The molecule has 3 heteroatoms. The molecular weight excluding hydrogens is 228 g/mol. The van der Waals surface area contributed by atoms with E-state index in [0.717, 1.165) is 23.2 Å². The van der Waals surface area contributed by atoms with Crippen LogP contribution in [0.1, 0.15) is 24.2 Å². The van der Waals surface area contributed by atoms with E-state index >= 15 is 0 Å². The van der Waals surface area contributed by atoms with Gasteiger partial charge in [-0.05, 0) is 35.7 Å². The standard InChI is InChI=1S/C15H16O3/c1-11(2)9-18-14-3-4-15(13(7-14)8-16)12-5-6-17-10-12/h3-8,10-11H,9H2,1-2H3. The molecule has 0 spiro atoms. The molecule has 94 valence electrons. The first-order valence-corrected chi connectivity index (χ1v) is 5.95. The molecule has 0 atom stereocenters. The van der Waals surface area contributed by atoms with E-state index < -0.39 is 0 Å². The first-order chi connectivity index (χ1) is 8.70. The molecule has 0 radical (unpaired) electrons. The van der Waals surface area contributed by atoms with Gasteiger partial charge in [-0.25, -0.2) is 0 Å². The lowest BCUT2D eigenvalue weighted by atomic mass is 10.0. The number of furan rings is 1. The molecule has 0 aliphatic heterocycles. The fraction of sp³-hybridized carbons (Fsp3) is 0.267. The van der Waals surface area contributed by atoms with Crippen molar-refractivity contribution < 1.29 is 13.9 Å². The number of hydrogen-bond donors (Lipinski definition) is 0. The molecule has 18 heavy (non-hydrogen) atoms. The van der Waals surface area contributed by atoms with Crippen molar-refractivity contribution in [1.82, 2.24) is 0 Å². The van der Waals surface area contributed by atoms with Gasteiger partial charge in [-0.3, -0.25) is 4.79 Å². The third-order valence-corrected chi connectivity index (χ3v) is 2.57. The molecule has 0 N–H and O–H groups in total. The van der Waals surface area contributed by atoms with E-state index in [0.29, 0.717) is 18.1 Å². The summed E-state index contributed by atoms with van der Waals surface area (Å²) in [5.41, 5.74) is 2.36. The van der Waals surface area contributed by atoms with Gasteiger partial charge in [0.05, 0.1) is 19.1 Å². The molecule has 0 unspecified atom stereocenters. The largest absolute Gasteiger partial charge is 0.493 e. The number of hydrogen-bond acceptors (Lipinski definition) is 3. The molecule has 3 nitrogen and oxygen atoms in total. The zero-order chi connectivity index (χ0) is 13.0. The molecule has 0 saturated heterocycles. The lowest BCUT2D eigenvalue weighted by Crippen LogP contribution is -2.04. The van der Waals surface area contributed by atoms with Gasteiger partial charge < -0.3 is 9.15 Å². The molecule has 1 heterocycles. The van der Waals surface area contributed by atoms with Gasteiger partial charge in [0.25, 0.3) is 0 Å². The van der Waals surface area contributed by atoms with Crippen LogP contribution in [-0.4, -0.2) is 12.9 Å². The third kappa shape index (κ3) is 2.80. The fourth-order valence-corrected chi connectivity index (χ4v) is 1.67. The molecular formula is C15H16O3. The van der Waals surface area contributed by atoms with Crippen LogP contribution in [0.25, 0.3) is 11.1 Å². The summed E-state index contributed by atoms with van der Waals surface area (Å²) >= 11 is 0. The SMILES string of the molecule is CC(C)COc1ccc(-c2ccoc2)c(C=O)c1. The number of carbonyl (C=O) groups excluding carboxylic acids is 1. The van der Waals surface area contributed by atoms with Crippen molar-refractivity contribution in [3.63, 3.8) is 0 Å². The highest BCUT2D eigenvalue weighted by Gasteiger charge is 2.08. The summed E-state index contributed by atoms with van der Waals surface area (Å²) < 4.78 is 10.6. The van der Waals surface area contributed by atoms with Crippen LogP contribution in [0.2, 0.25) is 0 Å². The van der Waals surface area contributed by atoms with Gasteiger partial charge in [0.2, 0.25) is 0 Å². The number of aldehydes is 1. The first kappa shape index (κ1) is 12.4. The minimum Gasteiger partial charge on any atom is -0.493 e. The van der Waals surface area contributed by atoms with Crippen LogP contribution in [0, 0.1) is 5.92 Å². The predicted octanol–water partition coefficient (Wildman–Crippen LogP) is 3.79. The number of ether oxygens (including phenoxy) is 1. The lowest BCUT2D eigenvalue weighted by molar-refractivity contribution is 0.112. The van der Waals surface area contributed by atoms with Crippen LogP contribution < -0.4 is 4.74 Å². The van der Waals surface area contributed by atoms with Crippen LogP contribution in [0.4, 0.5) is 0 Å². The molecule has 0 aliphatic carbocycles. The summed E-state index contributed by atoms with van der Waals surface area (Å²) in [7, 11) is 0. The van der Waals surface area contributed by atoms with Gasteiger partial charge >= 0.3 is 0 Å². The Labute approximate surface area is 106 Å².